The van der Waals surface area contributed by atoms with Crippen molar-refractivity contribution in [2.45, 2.75) is 51.5 Å². The van der Waals surface area contributed by atoms with Gasteiger partial charge in [-0.2, -0.15) is 0 Å². The molecular weight excluding hydrogens is 476 g/mol. The van der Waals surface area contributed by atoms with Gasteiger partial charge in [-0.1, -0.05) is 36.5 Å². The SMILES string of the molecule is C=C/C(=C\C(=C/C)C1=CC=C(CN2C=CC(=C(/N=C)C3=CCC(C[C@H](N)C(=O)O)CC3)/C2=N\C)CC1)OC. The Kier molecular flexibility index (Phi) is 10.4. The topological polar surface area (TPSA) is 101 Å². The summed E-state index contributed by atoms with van der Waals surface area (Å²) >= 11 is 0. The number of amidine groups is 1. The normalized spacial score (nSPS) is 23.5. The van der Waals surface area contributed by atoms with E-state index in [1.54, 1.807) is 20.2 Å². The Labute approximate surface area is 226 Å². The van der Waals surface area contributed by atoms with Crippen molar-refractivity contribution >= 4 is 18.5 Å². The molecule has 2 atom stereocenters. The summed E-state index contributed by atoms with van der Waals surface area (Å²) in [6.07, 6.45) is 21.4. The highest BCUT2D eigenvalue weighted by molar-refractivity contribution is 6.05. The fourth-order valence-electron chi connectivity index (χ4n) is 5.15. The lowest BCUT2D eigenvalue weighted by atomic mass is 9.84. The highest BCUT2D eigenvalue weighted by atomic mass is 16.5. The molecule has 7 heteroatoms. The summed E-state index contributed by atoms with van der Waals surface area (Å²) in [5.74, 6) is 0.954. The minimum Gasteiger partial charge on any atom is -0.497 e. The molecule has 0 fully saturated rings. The second-order valence-electron chi connectivity index (χ2n) is 9.68. The average Bonchev–Trinajstić information content (AvgIpc) is 3.33. The van der Waals surface area contributed by atoms with Crippen molar-refractivity contribution in [1.29, 1.82) is 0 Å². The number of ether oxygens (including phenoxy) is 1. The van der Waals surface area contributed by atoms with E-state index < -0.39 is 12.0 Å². The zero-order valence-corrected chi connectivity index (χ0v) is 22.8. The third-order valence-electron chi connectivity index (χ3n) is 7.31. The molecule has 1 heterocycles. The van der Waals surface area contributed by atoms with Crippen LogP contribution in [-0.4, -0.2) is 55.3 Å². The van der Waals surface area contributed by atoms with Gasteiger partial charge in [-0.3, -0.25) is 14.8 Å². The van der Waals surface area contributed by atoms with E-state index in [2.05, 4.69) is 64.8 Å². The highest BCUT2D eigenvalue weighted by Crippen LogP contribution is 2.35. The maximum atomic E-state index is 11.1. The first-order valence-corrected chi connectivity index (χ1v) is 13.1. The lowest BCUT2D eigenvalue weighted by molar-refractivity contribution is -0.139. The van der Waals surface area contributed by atoms with Crippen LogP contribution in [0.3, 0.4) is 0 Å². The predicted molar refractivity (Wildman–Crippen MR) is 156 cm³/mol. The number of hydrogen-bond acceptors (Lipinski definition) is 5. The van der Waals surface area contributed by atoms with Crippen LogP contribution in [0.1, 0.15) is 45.4 Å². The van der Waals surface area contributed by atoms with E-state index in [0.29, 0.717) is 6.42 Å². The van der Waals surface area contributed by atoms with Gasteiger partial charge in [0.15, 0.2) is 0 Å². The molecule has 1 unspecified atom stereocenters. The largest absolute Gasteiger partial charge is 0.497 e. The van der Waals surface area contributed by atoms with Crippen molar-refractivity contribution in [3.8, 4) is 0 Å². The van der Waals surface area contributed by atoms with Gasteiger partial charge in [-0.15, -0.1) is 0 Å². The van der Waals surface area contributed by atoms with Crippen LogP contribution in [0.2, 0.25) is 0 Å². The van der Waals surface area contributed by atoms with Crippen LogP contribution in [0.4, 0.5) is 0 Å². The van der Waals surface area contributed by atoms with Crippen molar-refractivity contribution in [2.24, 2.45) is 21.6 Å². The Morgan fingerprint density at radius 3 is 2.63 bits per heavy atom. The number of hydrogen-bond donors (Lipinski definition) is 2. The molecular formula is C31H40N4O3. The number of rotatable bonds is 11. The molecule has 7 nitrogen and oxygen atoms in total. The molecule has 0 aromatic carbocycles. The molecule has 1 aliphatic heterocycles. The lowest BCUT2D eigenvalue weighted by Gasteiger charge is -2.25. The summed E-state index contributed by atoms with van der Waals surface area (Å²) in [7, 11) is 3.46. The summed E-state index contributed by atoms with van der Waals surface area (Å²) in [5, 5.41) is 9.12. The first kappa shape index (κ1) is 28.9. The standard InChI is InChI=1S/C31H40N4O3/c1-6-23(19-26(7-2)38-5)24-12-10-22(11-13-24)20-35-17-16-27(30(35)34-4)29(33-3)25-14-8-21(9-15-25)18-28(32)31(36)37/h6-7,10,12,14,16-17,19,21,28H,2-3,8-9,11,13,15,18,20,32H2,1,4-5H3,(H,36,37)/b23-6+,26-19+,29-27-,34-30+/t21?,28-/m0/s1. The third kappa shape index (κ3) is 6.98. The fraction of sp³-hybridized carbons (Fsp3) is 0.387. The van der Waals surface area contributed by atoms with Gasteiger partial charge in [-0.05, 0) is 93.0 Å². The summed E-state index contributed by atoms with van der Waals surface area (Å²) in [5.41, 5.74) is 12.5. The predicted octanol–water partition coefficient (Wildman–Crippen LogP) is 5.64. The monoisotopic (exact) mass is 516 g/mol. The number of carbonyl (C=O) groups is 1. The van der Waals surface area contributed by atoms with Gasteiger partial charge in [0, 0.05) is 25.4 Å². The van der Waals surface area contributed by atoms with Crippen LogP contribution in [-0.2, 0) is 9.53 Å². The second kappa shape index (κ2) is 13.7. The number of nitrogens with two attached hydrogens (primary N) is 1. The summed E-state index contributed by atoms with van der Waals surface area (Å²) in [6.45, 7) is 10.4. The van der Waals surface area contributed by atoms with Crippen LogP contribution < -0.4 is 5.73 Å². The molecule has 38 heavy (non-hydrogen) atoms. The number of nitrogens with zero attached hydrogens (tertiary/aromatic N) is 3. The number of carboxylic acids is 1. The maximum absolute atomic E-state index is 11.1. The Bertz CT molecular complexity index is 1190. The zero-order chi connectivity index (χ0) is 27.7. The van der Waals surface area contributed by atoms with Crippen LogP contribution in [0.15, 0.2) is 105 Å². The van der Waals surface area contributed by atoms with Gasteiger partial charge in [0.1, 0.15) is 17.6 Å². The molecule has 2 aliphatic carbocycles. The molecule has 0 bridgehead atoms. The molecule has 0 radical (unpaired) electrons. The van der Waals surface area contributed by atoms with Crippen LogP contribution in [0.25, 0.3) is 0 Å². The van der Waals surface area contributed by atoms with Crippen molar-refractivity contribution in [2.75, 3.05) is 20.7 Å². The zero-order valence-electron chi connectivity index (χ0n) is 22.8. The fourth-order valence-corrected chi connectivity index (χ4v) is 5.15. The Morgan fingerprint density at radius 1 is 1.32 bits per heavy atom. The summed E-state index contributed by atoms with van der Waals surface area (Å²) in [4.78, 5) is 22.3. The maximum Gasteiger partial charge on any atom is 0.320 e. The van der Waals surface area contributed by atoms with E-state index in [4.69, 9.17) is 15.6 Å². The van der Waals surface area contributed by atoms with Gasteiger partial charge in [0.25, 0.3) is 0 Å². The summed E-state index contributed by atoms with van der Waals surface area (Å²) < 4.78 is 5.35. The number of methoxy groups -OCH3 is 1. The molecule has 3 aliphatic rings. The first-order chi connectivity index (χ1) is 18.3. The minimum absolute atomic E-state index is 0.267. The van der Waals surface area contributed by atoms with Crippen LogP contribution in [0, 0.1) is 5.92 Å². The molecule has 0 saturated heterocycles. The Morgan fingerprint density at radius 2 is 2.11 bits per heavy atom. The van der Waals surface area contributed by atoms with Crippen molar-refractivity contribution in [3.63, 3.8) is 0 Å². The van der Waals surface area contributed by atoms with Gasteiger partial charge in [-0.25, -0.2) is 0 Å². The quantitative estimate of drug-likeness (QED) is 0.210. The number of allylic oxidation sites excluding steroid dienone is 9. The van der Waals surface area contributed by atoms with Gasteiger partial charge >= 0.3 is 5.97 Å². The highest BCUT2D eigenvalue weighted by Gasteiger charge is 2.27. The lowest BCUT2D eigenvalue weighted by Crippen LogP contribution is -2.32. The number of aliphatic imine (C=N–C) groups is 2. The van der Waals surface area contributed by atoms with E-state index in [1.807, 2.05) is 13.0 Å². The summed E-state index contributed by atoms with van der Waals surface area (Å²) in [6, 6.07) is -0.813. The molecule has 3 rings (SSSR count). The van der Waals surface area contributed by atoms with Gasteiger partial charge in [0.05, 0.1) is 12.8 Å². The molecule has 0 spiro atoms. The van der Waals surface area contributed by atoms with E-state index in [-0.39, 0.29) is 5.92 Å². The van der Waals surface area contributed by atoms with E-state index in [0.717, 1.165) is 72.7 Å². The van der Waals surface area contributed by atoms with Gasteiger partial charge in [0.2, 0.25) is 0 Å². The third-order valence-corrected chi connectivity index (χ3v) is 7.31. The van der Waals surface area contributed by atoms with Gasteiger partial charge < -0.3 is 20.5 Å². The Hall–Kier alpha value is -3.71. The van der Waals surface area contributed by atoms with Crippen molar-refractivity contribution in [3.05, 3.63) is 94.6 Å². The smallest absolute Gasteiger partial charge is 0.320 e. The minimum atomic E-state index is -0.942. The second-order valence-corrected chi connectivity index (χ2v) is 9.68. The molecule has 0 saturated carbocycles. The van der Waals surface area contributed by atoms with Crippen LogP contribution in [0.5, 0.6) is 0 Å². The van der Waals surface area contributed by atoms with Crippen LogP contribution >= 0.6 is 0 Å². The molecule has 202 valence electrons. The van der Waals surface area contributed by atoms with E-state index >= 15 is 0 Å². The number of carboxylic acid groups (broad SMARTS) is 1. The number of aliphatic carboxylic acids is 1. The average molecular weight is 517 g/mol. The van der Waals surface area contributed by atoms with Crippen molar-refractivity contribution < 1.29 is 14.6 Å². The van der Waals surface area contributed by atoms with E-state index in [9.17, 15) is 4.79 Å². The van der Waals surface area contributed by atoms with Crippen molar-refractivity contribution in [1.82, 2.24) is 4.90 Å². The first-order valence-electron chi connectivity index (χ1n) is 13.1. The molecule has 0 amide bonds. The molecule has 0 aromatic heterocycles. The molecule has 3 N–H and O–H groups in total. The molecule has 0 aromatic rings. The van der Waals surface area contributed by atoms with E-state index in [1.165, 1.54) is 11.1 Å². The Balaban J connectivity index is 1.73.